The van der Waals surface area contributed by atoms with E-state index >= 15 is 0 Å². The Balaban J connectivity index is 0.00000106. The third kappa shape index (κ3) is 6.84. The average Bonchev–Trinajstić information content (AvgIpc) is 2.48. The monoisotopic (exact) mass is 282 g/mol. The van der Waals surface area contributed by atoms with E-state index in [-0.39, 0.29) is 0 Å². The van der Waals surface area contributed by atoms with Gasteiger partial charge in [0.2, 0.25) is 0 Å². The minimum absolute atomic E-state index is 0.313. The van der Waals surface area contributed by atoms with Crippen molar-refractivity contribution in [3.63, 3.8) is 0 Å². The van der Waals surface area contributed by atoms with Gasteiger partial charge in [-0.2, -0.15) is 10.2 Å². The third-order valence-corrected chi connectivity index (χ3v) is 2.71. The van der Waals surface area contributed by atoms with Crippen molar-refractivity contribution < 1.29 is 0 Å². The molecule has 2 rings (SSSR count). The highest BCUT2D eigenvalue weighted by atomic mass is 15.1. The van der Waals surface area contributed by atoms with Crippen LogP contribution in [0.3, 0.4) is 0 Å². The molecular weight excluding hydrogens is 256 g/mol. The third-order valence-electron chi connectivity index (χ3n) is 2.71. The van der Waals surface area contributed by atoms with E-state index in [0.717, 1.165) is 17.8 Å². The second kappa shape index (κ2) is 8.35. The normalized spacial score (nSPS) is 11.1. The molecule has 21 heavy (non-hydrogen) atoms. The van der Waals surface area contributed by atoms with Crippen molar-refractivity contribution in [1.29, 1.82) is 0 Å². The van der Waals surface area contributed by atoms with Gasteiger partial charge in [-0.05, 0) is 41.7 Å². The van der Waals surface area contributed by atoms with Crippen molar-refractivity contribution in [2.24, 2.45) is 15.6 Å². The fraction of sp³-hybridized carbons (Fsp3) is 0.368. The first-order chi connectivity index (χ1) is 10.0. The van der Waals surface area contributed by atoms with E-state index in [4.69, 9.17) is 0 Å². The van der Waals surface area contributed by atoms with Gasteiger partial charge in [0.15, 0.2) is 0 Å². The largest absolute Gasteiger partial charge is 0.151 e. The maximum Gasteiger partial charge on any atom is 0.0857 e. The van der Waals surface area contributed by atoms with Crippen LogP contribution < -0.4 is 0 Å². The standard InChI is InChI=1S/C17H20N2.C2H6/c1-17(2,3)13-14-9-11-16(12-10-14)19-18-15-7-5-4-6-8-15;1-2/h4-12H,13H2,1-3H3;1-2H3. The molecule has 0 fully saturated rings. The maximum absolute atomic E-state index is 4.24. The number of benzene rings is 2. The van der Waals surface area contributed by atoms with E-state index in [9.17, 15) is 0 Å². The van der Waals surface area contributed by atoms with Gasteiger partial charge in [0.1, 0.15) is 0 Å². The van der Waals surface area contributed by atoms with Crippen LogP contribution in [0.1, 0.15) is 40.2 Å². The molecule has 2 nitrogen and oxygen atoms in total. The van der Waals surface area contributed by atoms with Crippen molar-refractivity contribution in [3.8, 4) is 0 Å². The van der Waals surface area contributed by atoms with Gasteiger partial charge in [-0.15, -0.1) is 0 Å². The molecule has 0 heterocycles. The average molecular weight is 282 g/mol. The SMILES string of the molecule is CC.CC(C)(C)Cc1ccc(N=Nc2ccccc2)cc1. The summed E-state index contributed by atoms with van der Waals surface area (Å²) >= 11 is 0. The number of rotatable bonds is 3. The highest BCUT2D eigenvalue weighted by Crippen LogP contribution is 2.23. The van der Waals surface area contributed by atoms with Crippen LogP contribution >= 0.6 is 0 Å². The quantitative estimate of drug-likeness (QED) is 0.558. The highest BCUT2D eigenvalue weighted by Gasteiger charge is 2.10. The molecule has 0 atom stereocenters. The molecule has 0 aliphatic carbocycles. The Bertz CT molecular complexity index is 534. The summed E-state index contributed by atoms with van der Waals surface area (Å²) in [5.74, 6) is 0. The fourth-order valence-corrected chi connectivity index (χ4v) is 1.90. The lowest BCUT2D eigenvalue weighted by molar-refractivity contribution is 0.411. The molecular formula is C19H26N2. The van der Waals surface area contributed by atoms with Gasteiger partial charge in [-0.3, -0.25) is 0 Å². The Morgan fingerprint density at radius 2 is 1.19 bits per heavy atom. The predicted octanol–water partition coefficient (Wildman–Crippen LogP) is 6.72. The fourth-order valence-electron chi connectivity index (χ4n) is 1.90. The lowest BCUT2D eigenvalue weighted by Gasteiger charge is -2.17. The van der Waals surface area contributed by atoms with Gasteiger partial charge in [0.25, 0.3) is 0 Å². The van der Waals surface area contributed by atoms with E-state index in [0.29, 0.717) is 5.41 Å². The van der Waals surface area contributed by atoms with Crippen LogP contribution in [-0.2, 0) is 6.42 Å². The molecule has 0 bridgehead atoms. The van der Waals surface area contributed by atoms with Crippen molar-refractivity contribution in [1.82, 2.24) is 0 Å². The topological polar surface area (TPSA) is 24.7 Å². The molecule has 2 heteroatoms. The Hall–Kier alpha value is -1.96. The van der Waals surface area contributed by atoms with Crippen LogP contribution in [-0.4, -0.2) is 0 Å². The zero-order valence-corrected chi connectivity index (χ0v) is 13.8. The van der Waals surface area contributed by atoms with E-state index in [2.05, 4.69) is 43.1 Å². The summed E-state index contributed by atoms with van der Waals surface area (Å²) in [5.41, 5.74) is 3.42. The highest BCUT2D eigenvalue weighted by molar-refractivity contribution is 5.41. The molecule has 0 N–H and O–H groups in total. The first kappa shape index (κ1) is 17.1. The van der Waals surface area contributed by atoms with Crippen molar-refractivity contribution in [2.45, 2.75) is 41.0 Å². The summed E-state index contributed by atoms with van der Waals surface area (Å²) < 4.78 is 0. The second-order valence-corrected chi connectivity index (χ2v) is 5.94. The van der Waals surface area contributed by atoms with Crippen LogP contribution in [0.15, 0.2) is 64.8 Å². The molecule has 0 spiro atoms. The van der Waals surface area contributed by atoms with E-state index in [1.807, 2.05) is 56.3 Å². The number of hydrogen-bond donors (Lipinski definition) is 0. The van der Waals surface area contributed by atoms with E-state index < -0.39 is 0 Å². The zero-order valence-electron chi connectivity index (χ0n) is 13.8. The van der Waals surface area contributed by atoms with E-state index in [1.54, 1.807) is 0 Å². The Labute approximate surface area is 128 Å². The Morgan fingerprint density at radius 3 is 1.67 bits per heavy atom. The molecule has 0 saturated heterocycles. The molecule has 0 aliphatic rings. The van der Waals surface area contributed by atoms with Crippen LogP contribution in [0.25, 0.3) is 0 Å². The summed E-state index contributed by atoms with van der Waals surface area (Å²) in [5, 5.41) is 8.44. The zero-order chi connectivity index (χ0) is 15.7. The van der Waals surface area contributed by atoms with Crippen LogP contribution in [0.4, 0.5) is 11.4 Å². The van der Waals surface area contributed by atoms with Gasteiger partial charge >= 0.3 is 0 Å². The number of azo groups is 1. The van der Waals surface area contributed by atoms with Gasteiger partial charge in [0.05, 0.1) is 11.4 Å². The van der Waals surface area contributed by atoms with Crippen molar-refractivity contribution >= 4 is 11.4 Å². The smallest absolute Gasteiger partial charge is 0.0857 e. The predicted molar refractivity (Wildman–Crippen MR) is 91.6 cm³/mol. The minimum atomic E-state index is 0.313. The van der Waals surface area contributed by atoms with Gasteiger partial charge in [-0.25, -0.2) is 0 Å². The van der Waals surface area contributed by atoms with E-state index in [1.165, 1.54) is 5.56 Å². The molecule has 0 amide bonds. The van der Waals surface area contributed by atoms with Crippen molar-refractivity contribution in [3.05, 3.63) is 60.2 Å². The van der Waals surface area contributed by atoms with Gasteiger partial charge in [0, 0.05) is 0 Å². The lowest BCUT2D eigenvalue weighted by atomic mass is 9.88. The molecule has 0 aliphatic heterocycles. The molecule has 0 radical (unpaired) electrons. The molecule has 0 saturated carbocycles. The van der Waals surface area contributed by atoms with Crippen LogP contribution in [0.5, 0.6) is 0 Å². The second-order valence-electron chi connectivity index (χ2n) is 5.94. The molecule has 112 valence electrons. The molecule has 2 aromatic carbocycles. The number of nitrogens with zero attached hydrogens (tertiary/aromatic N) is 2. The Morgan fingerprint density at radius 1 is 0.714 bits per heavy atom. The molecule has 0 aromatic heterocycles. The van der Waals surface area contributed by atoms with Crippen molar-refractivity contribution in [2.75, 3.05) is 0 Å². The summed E-state index contributed by atoms with van der Waals surface area (Å²) in [6.07, 6.45) is 1.07. The minimum Gasteiger partial charge on any atom is -0.151 e. The maximum atomic E-state index is 4.24. The summed E-state index contributed by atoms with van der Waals surface area (Å²) in [6, 6.07) is 18.1. The van der Waals surface area contributed by atoms with Gasteiger partial charge < -0.3 is 0 Å². The molecule has 0 unspecified atom stereocenters. The summed E-state index contributed by atoms with van der Waals surface area (Å²) in [7, 11) is 0. The first-order valence-corrected chi connectivity index (χ1v) is 7.59. The number of hydrogen-bond acceptors (Lipinski definition) is 2. The van der Waals surface area contributed by atoms with Crippen LogP contribution in [0, 0.1) is 5.41 Å². The summed E-state index contributed by atoms with van der Waals surface area (Å²) in [6.45, 7) is 10.7. The molecule has 2 aromatic rings. The summed E-state index contributed by atoms with van der Waals surface area (Å²) in [4.78, 5) is 0. The lowest BCUT2D eigenvalue weighted by Crippen LogP contribution is -2.08. The van der Waals surface area contributed by atoms with Crippen LogP contribution in [0.2, 0.25) is 0 Å². The first-order valence-electron chi connectivity index (χ1n) is 7.59. The van der Waals surface area contributed by atoms with Gasteiger partial charge in [-0.1, -0.05) is 65.0 Å². The Kier molecular flexibility index (Phi) is 6.80.